The lowest BCUT2D eigenvalue weighted by molar-refractivity contribution is -0.116. The number of hydrogen-bond acceptors (Lipinski definition) is 5. The Kier molecular flexibility index (Phi) is 7.71. The normalized spacial score (nSPS) is 16.8. The van der Waals surface area contributed by atoms with E-state index in [4.69, 9.17) is 21.4 Å². The fourth-order valence-corrected chi connectivity index (χ4v) is 5.36. The first-order chi connectivity index (χ1) is 18.4. The summed E-state index contributed by atoms with van der Waals surface area (Å²) in [6, 6.07) is 20.5. The molecule has 4 aromatic rings. The summed E-state index contributed by atoms with van der Waals surface area (Å²) < 4.78 is 25.9. The van der Waals surface area contributed by atoms with Crippen LogP contribution in [0, 0.1) is 5.82 Å². The number of thiocarbonyl (C=S) groups is 1. The van der Waals surface area contributed by atoms with Crippen LogP contribution in [0.25, 0.3) is 11.3 Å². The predicted molar refractivity (Wildman–Crippen MR) is 150 cm³/mol. The Balaban J connectivity index is 1.41. The fraction of sp³-hybridized carbons (Fsp3) is 0.179. The lowest BCUT2D eigenvalue weighted by Crippen LogP contribution is -2.32. The number of hydrogen-bond donors (Lipinski definition) is 2. The van der Waals surface area contributed by atoms with Gasteiger partial charge in [0.1, 0.15) is 29.1 Å². The molecule has 10 heteroatoms. The third-order valence-electron chi connectivity index (χ3n) is 6.27. The number of pyridine rings is 1. The summed E-state index contributed by atoms with van der Waals surface area (Å²) in [5.74, 6) is 1.29. The van der Waals surface area contributed by atoms with Crippen molar-refractivity contribution < 1.29 is 18.3 Å². The zero-order chi connectivity index (χ0) is 26.6. The Morgan fingerprint density at radius 2 is 2.00 bits per heavy atom. The number of ether oxygens (including phenoxy) is 1. The van der Waals surface area contributed by atoms with Gasteiger partial charge in [0.2, 0.25) is 5.91 Å². The molecule has 1 fully saturated rings. The van der Waals surface area contributed by atoms with E-state index in [1.54, 1.807) is 31.5 Å². The smallest absolute Gasteiger partial charge is 0.226 e. The van der Waals surface area contributed by atoms with Crippen LogP contribution in [0.4, 0.5) is 10.1 Å². The van der Waals surface area contributed by atoms with Gasteiger partial charge in [0.05, 0.1) is 24.5 Å². The van der Waals surface area contributed by atoms with Gasteiger partial charge in [-0.25, -0.2) is 4.39 Å². The highest BCUT2D eigenvalue weighted by atomic mass is 79.9. The van der Waals surface area contributed by atoms with E-state index in [0.29, 0.717) is 39.1 Å². The highest BCUT2D eigenvalue weighted by Gasteiger charge is 2.41. The molecule has 38 heavy (non-hydrogen) atoms. The number of anilines is 1. The van der Waals surface area contributed by atoms with Gasteiger partial charge in [-0.15, -0.1) is 0 Å². The van der Waals surface area contributed by atoms with Crippen LogP contribution in [0.15, 0.2) is 87.9 Å². The molecule has 7 nitrogen and oxygen atoms in total. The van der Waals surface area contributed by atoms with Gasteiger partial charge >= 0.3 is 0 Å². The summed E-state index contributed by atoms with van der Waals surface area (Å²) in [5.41, 5.74) is 2.12. The monoisotopic (exact) mass is 594 g/mol. The first kappa shape index (κ1) is 25.9. The van der Waals surface area contributed by atoms with Gasteiger partial charge in [-0.2, -0.15) is 0 Å². The van der Waals surface area contributed by atoms with Gasteiger partial charge in [-0.05, 0) is 82.7 Å². The van der Waals surface area contributed by atoms with Crippen LogP contribution in [0.1, 0.15) is 30.0 Å². The molecular weight excluding hydrogens is 571 g/mol. The topological polar surface area (TPSA) is 79.6 Å². The number of methoxy groups -OCH3 is 1. The Labute approximate surface area is 233 Å². The molecule has 3 heterocycles. The van der Waals surface area contributed by atoms with Gasteiger partial charge in [-0.1, -0.05) is 18.2 Å². The second kappa shape index (κ2) is 11.3. The molecule has 1 aliphatic rings. The van der Waals surface area contributed by atoms with Crippen molar-refractivity contribution in [3.8, 4) is 17.1 Å². The molecule has 0 bridgehead atoms. The molecule has 2 aromatic heterocycles. The molecule has 0 spiro atoms. The van der Waals surface area contributed by atoms with E-state index >= 15 is 0 Å². The van der Waals surface area contributed by atoms with Gasteiger partial charge in [-0.3, -0.25) is 9.78 Å². The van der Waals surface area contributed by atoms with Crippen molar-refractivity contribution in [3.63, 3.8) is 0 Å². The summed E-state index contributed by atoms with van der Waals surface area (Å²) in [5, 5.41) is 6.76. The molecular formula is C28H24BrFN4O3S. The van der Waals surface area contributed by atoms with Crippen molar-refractivity contribution in [1.82, 2.24) is 15.2 Å². The number of carbonyl (C=O) groups excluding carboxylic acids is 1. The molecule has 194 valence electrons. The first-order valence-electron chi connectivity index (χ1n) is 11.9. The average Bonchev–Trinajstić information content (AvgIpc) is 3.52. The Morgan fingerprint density at radius 1 is 1.18 bits per heavy atom. The number of nitrogens with one attached hydrogen (secondary N) is 2. The Hall–Kier alpha value is -3.76. The summed E-state index contributed by atoms with van der Waals surface area (Å²) in [6.07, 6.45) is 1.91. The number of nitrogens with zero attached hydrogens (tertiary/aromatic N) is 2. The van der Waals surface area contributed by atoms with E-state index in [2.05, 4.69) is 31.5 Å². The maximum Gasteiger partial charge on any atom is 0.226 e. The van der Waals surface area contributed by atoms with E-state index in [9.17, 15) is 9.18 Å². The van der Waals surface area contributed by atoms with Crippen molar-refractivity contribution >= 4 is 44.9 Å². The molecule has 0 radical (unpaired) electrons. The highest BCUT2D eigenvalue weighted by Crippen LogP contribution is 2.41. The van der Waals surface area contributed by atoms with E-state index in [1.807, 2.05) is 47.4 Å². The minimum atomic E-state index is -0.357. The van der Waals surface area contributed by atoms with Crippen LogP contribution in [-0.4, -0.2) is 34.6 Å². The largest absolute Gasteiger partial charge is 0.495 e. The van der Waals surface area contributed by atoms with Crippen LogP contribution in [0.2, 0.25) is 0 Å². The number of amides is 1. The molecule has 0 aliphatic carbocycles. The zero-order valence-corrected chi connectivity index (χ0v) is 22.8. The number of benzene rings is 2. The maximum absolute atomic E-state index is 13.6. The lowest BCUT2D eigenvalue weighted by atomic mass is 10.0. The van der Waals surface area contributed by atoms with Gasteiger partial charge in [0.25, 0.3) is 0 Å². The molecule has 0 saturated carbocycles. The summed E-state index contributed by atoms with van der Waals surface area (Å²) in [7, 11) is 1.56. The average molecular weight is 595 g/mol. The summed E-state index contributed by atoms with van der Waals surface area (Å²) in [6.45, 7) is 0.344. The van der Waals surface area contributed by atoms with E-state index in [0.717, 1.165) is 11.3 Å². The molecule has 1 amide bonds. The quantitative estimate of drug-likeness (QED) is 0.233. The van der Waals surface area contributed by atoms with Gasteiger partial charge in [0, 0.05) is 29.2 Å². The third-order valence-corrected chi connectivity index (χ3v) is 7.28. The third kappa shape index (κ3) is 5.41. The number of furan rings is 1. The van der Waals surface area contributed by atoms with Crippen LogP contribution in [0.5, 0.6) is 5.75 Å². The molecule has 2 aromatic carbocycles. The number of para-hydroxylation sites is 2. The summed E-state index contributed by atoms with van der Waals surface area (Å²) in [4.78, 5) is 19.3. The Bertz CT molecular complexity index is 1470. The highest BCUT2D eigenvalue weighted by molar-refractivity contribution is 9.10. The maximum atomic E-state index is 13.6. The molecule has 2 N–H and O–H groups in total. The van der Waals surface area contributed by atoms with Gasteiger partial charge < -0.3 is 24.7 Å². The number of halogens is 2. The van der Waals surface area contributed by atoms with Crippen molar-refractivity contribution in [2.75, 3.05) is 19.0 Å². The number of carbonyl (C=O) groups is 1. The van der Waals surface area contributed by atoms with Crippen molar-refractivity contribution in [2.24, 2.45) is 0 Å². The van der Waals surface area contributed by atoms with E-state index in [1.165, 1.54) is 12.1 Å². The summed E-state index contributed by atoms with van der Waals surface area (Å²) >= 11 is 9.11. The van der Waals surface area contributed by atoms with Crippen LogP contribution in [0.3, 0.4) is 0 Å². The van der Waals surface area contributed by atoms with E-state index in [-0.39, 0.29) is 30.2 Å². The van der Waals surface area contributed by atoms with Crippen LogP contribution >= 0.6 is 28.1 Å². The van der Waals surface area contributed by atoms with E-state index < -0.39 is 0 Å². The van der Waals surface area contributed by atoms with Crippen LogP contribution < -0.4 is 15.4 Å². The molecule has 2 atom stereocenters. The number of aromatic nitrogens is 1. The minimum Gasteiger partial charge on any atom is -0.495 e. The SMILES string of the molecule is COc1ccccc1NC(=O)CCN1C(=S)N[C@H](c2ccccn2)[C@@H]1c1ccc(-c2ccc(F)cc2Br)o1. The first-order valence-corrected chi connectivity index (χ1v) is 13.1. The van der Waals surface area contributed by atoms with Crippen molar-refractivity contribution in [1.29, 1.82) is 0 Å². The number of rotatable bonds is 8. The standard InChI is InChI=1S/C28H24BrFN4O3S/c1-36-23-8-3-2-6-20(23)32-25(35)13-15-34-27(26(33-28(34)38)21-7-4-5-14-31-21)24-12-11-22(37-24)18-10-9-17(30)16-19(18)29/h2-12,14,16,26-27H,13,15H2,1H3,(H,32,35)(H,33,38)/t26-,27+/m1/s1. The Morgan fingerprint density at radius 3 is 2.76 bits per heavy atom. The predicted octanol–water partition coefficient (Wildman–Crippen LogP) is 6.25. The molecule has 5 rings (SSSR count). The minimum absolute atomic E-state index is 0.173. The van der Waals surface area contributed by atoms with Crippen molar-refractivity contribution in [3.05, 3.63) is 101 Å². The molecule has 0 unspecified atom stereocenters. The zero-order valence-electron chi connectivity index (χ0n) is 20.4. The molecule has 1 saturated heterocycles. The van der Waals surface area contributed by atoms with Crippen LogP contribution in [-0.2, 0) is 4.79 Å². The lowest BCUT2D eigenvalue weighted by Gasteiger charge is -2.26. The second-order valence-electron chi connectivity index (χ2n) is 8.64. The molecule has 1 aliphatic heterocycles. The van der Waals surface area contributed by atoms with Gasteiger partial charge in [0.15, 0.2) is 5.11 Å². The fourth-order valence-electron chi connectivity index (χ4n) is 4.48. The van der Waals surface area contributed by atoms with Crippen molar-refractivity contribution in [2.45, 2.75) is 18.5 Å². The second-order valence-corrected chi connectivity index (χ2v) is 9.89.